The van der Waals surface area contributed by atoms with Crippen LogP contribution in [-0.2, 0) is 15.9 Å². The Labute approximate surface area is 188 Å². The molecular weight excluding hydrogens is 428 g/mol. The van der Waals surface area contributed by atoms with Gasteiger partial charge in [-0.1, -0.05) is 24.3 Å². The zero-order valence-electron chi connectivity index (χ0n) is 17.5. The molecule has 1 N–H and O–H groups in total. The van der Waals surface area contributed by atoms with E-state index < -0.39 is 11.9 Å². The highest BCUT2D eigenvalue weighted by atomic mass is 32.1. The minimum atomic E-state index is -0.556. The maximum atomic E-state index is 13.0. The number of ether oxygens (including phenoxy) is 2. The highest BCUT2D eigenvalue weighted by molar-refractivity contribution is 7.12. The number of hydrogen-bond acceptors (Lipinski definition) is 8. The molecule has 0 fully saturated rings. The number of carbonyl (C=O) groups is 3. The van der Waals surface area contributed by atoms with E-state index in [1.54, 1.807) is 42.8 Å². The molecule has 0 saturated heterocycles. The van der Waals surface area contributed by atoms with Gasteiger partial charge in [0.15, 0.2) is 5.78 Å². The lowest BCUT2D eigenvalue weighted by atomic mass is 9.87. The summed E-state index contributed by atoms with van der Waals surface area (Å²) < 4.78 is 9.96. The minimum Gasteiger partial charge on any atom is -0.465 e. The third-order valence-electron chi connectivity index (χ3n) is 5.01. The zero-order valence-corrected chi connectivity index (χ0v) is 18.3. The predicted octanol–water partition coefficient (Wildman–Crippen LogP) is 4.32. The van der Waals surface area contributed by atoms with Gasteiger partial charge in [0, 0.05) is 23.7 Å². The van der Waals surface area contributed by atoms with E-state index in [-0.39, 0.29) is 18.0 Å². The summed E-state index contributed by atoms with van der Waals surface area (Å²) in [6.07, 6.45) is 3.70. The predicted molar refractivity (Wildman–Crippen MR) is 121 cm³/mol. The average Bonchev–Trinajstić information content (AvgIpc) is 3.27. The van der Waals surface area contributed by atoms with Gasteiger partial charge < -0.3 is 14.8 Å². The Balaban J connectivity index is 1.70. The standard InChI is InChI=1S/C24H20N2O5S/c1-3-31-23(28)17-13-16-20(12-14-6-4-5-7-15(14)21(16)27)26-18(17)8-10-25-19-9-11-32-22(19)24(29)30-2/h4-11,13,25H,3,12H2,1-2H3. The molecule has 1 aliphatic carbocycles. The van der Waals surface area contributed by atoms with E-state index in [0.717, 1.165) is 5.56 Å². The third-order valence-corrected chi connectivity index (χ3v) is 5.90. The number of rotatable bonds is 6. The van der Waals surface area contributed by atoms with E-state index in [4.69, 9.17) is 9.47 Å². The molecule has 0 saturated carbocycles. The smallest absolute Gasteiger partial charge is 0.350 e. The van der Waals surface area contributed by atoms with Crippen LogP contribution in [0.3, 0.4) is 0 Å². The van der Waals surface area contributed by atoms with E-state index in [0.29, 0.717) is 39.5 Å². The van der Waals surface area contributed by atoms with E-state index in [9.17, 15) is 14.4 Å². The summed E-state index contributed by atoms with van der Waals surface area (Å²) in [6, 6.07) is 10.7. The number of methoxy groups -OCH3 is 1. The van der Waals surface area contributed by atoms with Crippen molar-refractivity contribution in [3.63, 3.8) is 0 Å². The normalized spacial score (nSPS) is 12.2. The number of esters is 2. The second-order valence-corrected chi connectivity index (χ2v) is 7.85. The molecule has 0 radical (unpaired) electrons. The molecule has 2 aromatic heterocycles. The molecule has 32 heavy (non-hydrogen) atoms. The van der Waals surface area contributed by atoms with Crippen molar-refractivity contribution in [2.75, 3.05) is 19.0 Å². The van der Waals surface area contributed by atoms with Crippen LogP contribution in [0.15, 0.2) is 48.0 Å². The summed E-state index contributed by atoms with van der Waals surface area (Å²) in [5, 5.41) is 4.80. The van der Waals surface area contributed by atoms with Crippen LogP contribution in [0.5, 0.6) is 0 Å². The first-order valence-corrected chi connectivity index (χ1v) is 10.8. The molecule has 0 atom stereocenters. The number of carbonyl (C=O) groups excluding carboxylic acids is 3. The SMILES string of the molecule is CCOC(=O)c1cc2c(nc1C=CNc1ccsc1C(=O)OC)Cc1ccccc1C2=O. The van der Waals surface area contributed by atoms with Gasteiger partial charge in [-0.3, -0.25) is 9.78 Å². The Morgan fingerprint density at radius 2 is 2.00 bits per heavy atom. The number of ketones is 1. The Morgan fingerprint density at radius 3 is 2.78 bits per heavy atom. The first-order valence-electron chi connectivity index (χ1n) is 9.96. The summed E-state index contributed by atoms with van der Waals surface area (Å²) in [6.45, 7) is 1.92. The van der Waals surface area contributed by atoms with Gasteiger partial charge in [-0.05, 0) is 36.1 Å². The van der Waals surface area contributed by atoms with Gasteiger partial charge in [0.2, 0.25) is 0 Å². The summed E-state index contributed by atoms with van der Waals surface area (Å²) in [5.74, 6) is -1.15. The van der Waals surface area contributed by atoms with Gasteiger partial charge in [0.05, 0.1) is 36.4 Å². The molecule has 8 heteroatoms. The number of benzene rings is 1. The average molecular weight is 449 g/mol. The fourth-order valence-corrected chi connectivity index (χ4v) is 4.28. The van der Waals surface area contributed by atoms with Crippen LogP contribution in [0, 0.1) is 0 Å². The number of nitrogens with one attached hydrogen (secondary N) is 1. The minimum absolute atomic E-state index is 0.158. The Hall–Kier alpha value is -3.78. The van der Waals surface area contributed by atoms with Gasteiger partial charge >= 0.3 is 11.9 Å². The monoisotopic (exact) mass is 448 g/mol. The number of thiophene rings is 1. The van der Waals surface area contributed by atoms with E-state index in [1.807, 2.05) is 18.2 Å². The van der Waals surface area contributed by atoms with Crippen LogP contribution < -0.4 is 5.32 Å². The van der Waals surface area contributed by atoms with Crippen LogP contribution in [0.1, 0.15) is 59.8 Å². The van der Waals surface area contributed by atoms with E-state index >= 15 is 0 Å². The van der Waals surface area contributed by atoms with Gasteiger partial charge in [-0.15, -0.1) is 11.3 Å². The summed E-state index contributed by atoms with van der Waals surface area (Å²) >= 11 is 1.26. The van der Waals surface area contributed by atoms with Crippen molar-refractivity contribution in [3.05, 3.63) is 86.5 Å². The van der Waals surface area contributed by atoms with Crippen molar-refractivity contribution in [1.29, 1.82) is 0 Å². The molecule has 7 nitrogen and oxygen atoms in total. The Bertz CT molecular complexity index is 1240. The molecule has 162 valence electrons. The molecule has 1 aliphatic rings. The Kier molecular flexibility index (Phi) is 6.13. The van der Waals surface area contributed by atoms with Crippen molar-refractivity contribution >= 4 is 40.8 Å². The van der Waals surface area contributed by atoms with Gasteiger partial charge in [-0.2, -0.15) is 0 Å². The summed E-state index contributed by atoms with van der Waals surface area (Å²) in [7, 11) is 1.32. The number of nitrogens with zero attached hydrogens (tertiary/aromatic N) is 1. The quantitative estimate of drug-likeness (QED) is 0.439. The topological polar surface area (TPSA) is 94.6 Å². The third kappa shape index (κ3) is 4.04. The first kappa shape index (κ1) is 21.5. The molecule has 3 aromatic rings. The molecule has 0 unspecified atom stereocenters. The van der Waals surface area contributed by atoms with Crippen molar-refractivity contribution in [3.8, 4) is 0 Å². The molecule has 0 amide bonds. The van der Waals surface area contributed by atoms with Crippen molar-refractivity contribution in [1.82, 2.24) is 4.98 Å². The molecular formula is C24H20N2O5S. The van der Waals surface area contributed by atoms with Crippen LogP contribution in [-0.4, -0.2) is 36.4 Å². The van der Waals surface area contributed by atoms with E-state index in [1.165, 1.54) is 18.4 Å². The highest BCUT2D eigenvalue weighted by Gasteiger charge is 2.27. The second kappa shape index (κ2) is 9.15. The zero-order chi connectivity index (χ0) is 22.7. The lowest BCUT2D eigenvalue weighted by Gasteiger charge is -2.19. The van der Waals surface area contributed by atoms with Crippen LogP contribution in [0.2, 0.25) is 0 Å². The number of aromatic nitrogens is 1. The fraction of sp³-hybridized carbons (Fsp3) is 0.167. The lowest BCUT2D eigenvalue weighted by Crippen LogP contribution is -2.19. The lowest BCUT2D eigenvalue weighted by molar-refractivity contribution is 0.0524. The van der Waals surface area contributed by atoms with Gasteiger partial charge in [-0.25, -0.2) is 9.59 Å². The van der Waals surface area contributed by atoms with Crippen LogP contribution in [0.25, 0.3) is 6.08 Å². The summed E-state index contributed by atoms with van der Waals surface area (Å²) in [5.41, 5.74) is 3.68. The van der Waals surface area contributed by atoms with Crippen LogP contribution >= 0.6 is 11.3 Å². The molecule has 0 aliphatic heterocycles. The van der Waals surface area contributed by atoms with Crippen LogP contribution in [0.4, 0.5) is 5.69 Å². The first-order chi connectivity index (χ1) is 15.5. The fourth-order valence-electron chi connectivity index (χ4n) is 3.50. The maximum absolute atomic E-state index is 13.0. The highest BCUT2D eigenvalue weighted by Crippen LogP contribution is 2.28. The number of hydrogen-bond donors (Lipinski definition) is 1. The number of anilines is 1. The number of fused-ring (bicyclic) bond motifs is 2. The van der Waals surface area contributed by atoms with Crippen molar-refractivity contribution in [2.45, 2.75) is 13.3 Å². The van der Waals surface area contributed by atoms with Crippen molar-refractivity contribution in [2.24, 2.45) is 0 Å². The van der Waals surface area contributed by atoms with Gasteiger partial charge in [0.25, 0.3) is 0 Å². The van der Waals surface area contributed by atoms with E-state index in [2.05, 4.69) is 10.3 Å². The van der Waals surface area contributed by atoms with Crippen molar-refractivity contribution < 1.29 is 23.9 Å². The van der Waals surface area contributed by atoms with Gasteiger partial charge in [0.1, 0.15) is 4.88 Å². The largest absolute Gasteiger partial charge is 0.465 e. The number of pyridine rings is 1. The molecule has 4 rings (SSSR count). The summed E-state index contributed by atoms with van der Waals surface area (Å²) in [4.78, 5) is 42.5. The molecule has 0 bridgehead atoms. The molecule has 1 aromatic carbocycles. The molecule has 0 spiro atoms. The maximum Gasteiger partial charge on any atom is 0.350 e. The Morgan fingerprint density at radius 1 is 1.19 bits per heavy atom. The second-order valence-electron chi connectivity index (χ2n) is 6.93. The molecule has 2 heterocycles.